The van der Waals surface area contributed by atoms with Gasteiger partial charge >= 0.3 is 5.97 Å². The number of rotatable bonds is 9. The maximum absolute atomic E-state index is 13.2. The number of aliphatic carboxylic acids is 1. The van der Waals surface area contributed by atoms with Crippen LogP contribution >= 0.6 is 86.9 Å². The molecule has 0 radical (unpaired) electrons. The number of hydrogen-bond donors (Lipinski definition) is 1. The molecule has 2 atom stereocenters. The maximum atomic E-state index is 13.2. The van der Waals surface area contributed by atoms with Crippen molar-refractivity contribution in [1.82, 2.24) is 19.8 Å². The first kappa shape index (κ1) is 56.8. The number of piperidine rings is 2. The molecule has 10 rings (SSSR count). The summed E-state index contributed by atoms with van der Waals surface area (Å²) in [5.74, 6) is 3.32. The lowest BCUT2D eigenvalue weighted by molar-refractivity contribution is -0.139. The quantitative estimate of drug-likeness (QED) is 0.179. The first-order chi connectivity index (χ1) is 34.7. The Kier molecular flexibility index (Phi) is 20.1. The molecule has 4 fully saturated rings. The van der Waals surface area contributed by atoms with Crippen molar-refractivity contribution in [3.8, 4) is 0 Å². The van der Waals surface area contributed by atoms with Crippen molar-refractivity contribution in [2.45, 2.75) is 155 Å². The van der Waals surface area contributed by atoms with E-state index in [0.717, 1.165) is 149 Å². The fourth-order valence-electron chi connectivity index (χ4n) is 13.5. The van der Waals surface area contributed by atoms with E-state index in [0.29, 0.717) is 36.0 Å². The summed E-state index contributed by atoms with van der Waals surface area (Å²) in [6, 6.07) is 12.7. The highest BCUT2D eigenvalue weighted by atomic mass is 79.9. The third-order valence-corrected chi connectivity index (χ3v) is 20.1. The third kappa shape index (κ3) is 13.9. The van der Waals surface area contributed by atoms with Crippen molar-refractivity contribution in [3.63, 3.8) is 0 Å². The smallest absolute Gasteiger partial charge is 0.303 e. The summed E-state index contributed by atoms with van der Waals surface area (Å²) in [6.07, 6.45) is 23.3. The van der Waals surface area contributed by atoms with Crippen LogP contribution in [-0.2, 0) is 40.1 Å². The Morgan fingerprint density at radius 1 is 0.534 bits per heavy atom. The number of benzene rings is 2. The average molecular weight is 1290 g/mol. The molecule has 2 aromatic carbocycles. The van der Waals surface area contributed by atoms with Crippen LogP contribution in [-0.4, -0.2) is 68.8 Å². The molecule has 2 amide bonds. The fraction of sp³-hybridized carbons (Fsp3) is 0.576. The molecule has 2 saturated heterocycles. The maximum Gasteiger partial charge on any atom is 0.303 e. The standard InChI is InChI=1S/C29H33Br2ClN2O3.C29H35Br2ClN2O.CH4/c30-22-13-21-6-5-20-14-23(32)15-24(31)27(20)28(29(21)33-16-22)19-7-9-34(10-8-19)25(35)11-17-1-3-18(4-2-17)12-26(36)37;1-2-18-3-5-19(6-4-18)13-26(35)34-11-9-20(10-12-34)28-27-21(15-24(32)16-25(27)31)7-8-22-14-23(30)17-33-29(22)28;/h13-19,28H,1-12H2,(H,36,37);14-20,28H,2-13H2,1H3;1H4/t17?,18?,28-;18?,19?,28-;/m11./s1. The van der Waals surface area contributed by atoms with Gasteiger partial charge in [0.15, 0.2) is 0 Å². The lowest BCUT2D eigenvalue weighted by atomic mass is 9.76. The van der Waals surface area contributed by atoms with E-state index in [-0.39, 0.29) is 37.5 Å². The Morgan fingerprint density at radius 2 is 0.890 bits per heavy atom. The van der Waals surface area contributed by atoms with Crippen molar-refractivity contribution in [1.29, 1.82) is 0 Å². The van der Waals surface area contributed by atoms with Gasteiger partial charge in [-0.25, -0.2) is 0 Å². The number of aryl methyl sites for hydroxylation is 4. The topological polar surface area (TPSA) is 104 Å². The van der Waals surface area contributed by atoms with Crippen LogP contribution in [0, 0.1) is 35.5 Å². The summed E-state index contributed by atoms with van der Waals surface area (Å²) in [7, 11) is 0. The van der Waals surface area contributed by atoms with Crippen molar-refractivity contribution >= 4 is 105 Å². The van der Waals surface area contributed by atoms with Crippen molar-refractivity contribution < 1.29 is 19.5 Å². The highest BCUT2D eigenvalue weighted by molar-refractivity contribution is 9.11. The van der Waals surface area contributed by atoms with Crippen molar-refractivity contribution in [3.05, 3.63) is 121 Å². The zero-order valence-electron chi connectivity index (χ0n) is 41.4. The van der Waals surface area contributed by atoms with E-state index in [9.17, 15) is 14.4 Å². The van der Waals surface area contributed by atoms with Gasteiger partial charge in [-0.15, -0.1) is 0 Å². The molecule has 1 N–H and O–H groups in total. The minimum absolute atomic E-state index is 0. The molecule has 2 aliphatic heterocycles. The summed E-state index contributed by atoms with van der Waals surface area (Å²) >= 11 is 27.8. The normalized spacial score (nSPS) is 24.3. The summed E-state index contributed by atoms with van der Waals surface area (Å²) in [5.41, 5.74) is 10.2. The Balaban J connectivity index is 0.000000192. The minimum Gasteiger partial charge on any atom is -0.481 e. The average Bonchev–Trinajstić information content (AvgIpc) is 3.63. The SMILES string of the molecule is C.CCC1CCC(CC(=O)N2CCC([C@H]3c4ncc(Br)cc4CCc4cc(Cl)cc(Br)c43)CC2)CC1.O=C(O)CC1CCC(CC(=O)N2CCC([C@H]3c4ncc(Br)cc4CCc4cc(Cl)cc(Br)c43)CC2)CC1. The van der Waals surface area contributed by atoms with Crippen LogP contribution < -0.4 is 0 Å². The Hall–Kier alpha value is -2.35. The number of carboxylic acids is 1. The molecule has 0 spiro atoms. The molecule has 0 unspecified atom stereocenters. The molecule has 4 heterocycles. The number of carbonyl (C=O) groups is 3. The Labute approximate surface area is 477 Å². The van der Waals surface area contributed by atoms with E-state index < -0.39 is 5.97 Å². The molecule has 2 aromatic heterocycles. The number of nitrogens with zero attached hydrogens (tertiary/aromatic N) is 4. The summed E-state index contributed by atoms with van der Waals surface area (Å²) < 4.78 is 4.18. The fourth-order valence-corrected chi connectivity index (χ4v) is 16.5. The number of pyridine rings is 2. The number of likely N-dealkylation sites (tertiary alicyclic amines) is 2. The number of fused-ring (bicyclic) bond motifs is 4. The second kappa shape index (κ2) is 25.9. The minimum atomic E-state index is -0.709. The number of amides is 2. The number of hydrogen-bond acceptors (Lipinski definition) is 5. The second-order valence-electron chi connectivity index (χ2n) is 21.9. The van der Waals surface area contributed by atoms with Gasteiger partial charge in [0.1, 0.15) is 0 Å². The highest BCUT2D eigenvalue weighted by Gasteiger charge is 2.39. The van der Waals surface area contributed by atoms with Gasteiger partial charge in [0.05, 0.1) is 11.4 Å². The first-order valence-corrected chi connectivity index (χ1v) is 30.7. The predicted octanol–water partition coefficient (Wildman–Crippen LogP) is 16.4. The van der Waals surface area contributed by atoms with E-state index in [2.05, 4.69) is 105 Å². The zero-order valence-corrected chi connectivity index (χ0v) is 49.3. The van der Waals surface area contributed by atoms with Crippen molar-refractivity contribution in [2.24, 2.45) is 35.5 Å². The van der Waals surface area contributed by atoms with Crippen molar-refractivity contribution in [2.75, 3.05) is 26.2 Å². The van der Waals surface area contributed by atoms with Crippen LogP contribution in [0.1, 0.15) is 174 Å². The molecule has 6 aliphatic rings. The van der Waals surface area contributed by atoms with E-state index in [4.69, 9.17) is 38.3 Å². The number of aromatic nitrogens is 2. The van der Waals surface area contributed by atoms with Crippen LogP contribution in [0.25, 0.3) is 0 Å². The van der Waals surface area contributed by atoms with E-state index in [1.54, 1.807) is 0 Å². The molecular formula is C59H72Br4Cl2N4O4. The van der Waals surface area contributed by atoms with Crippen LogP contribution in [0.15, 0.2) is 66.7 Å². The molecule has 14 heteroatoms. The van der Waals surface area contributed by atoms with Gasteiger partial charge in [-0.3, -0.25) is 24.4 Å². The van der Waals surface area contributed by atoms with Crippen LogP contribution in [0.4, 0.5) is 0 Å². The summed E-state index contributed by atoms with van der Waals surface area (Å²) in [6.45, 7) is 5.57. The molecule has 8 nitrogen and oxygen atoms in total. The molecule has 2 saturated carbocycles. The van der Waals surface area contributed by atoms with E-state index >= 15 is 0 Å². The van der Waals surface area contributed by atoms with Gasteiger partial charge < -0.3 is 14.9 Å². The van der Waals surface area contributed by atoms with E-state index in [1.165, 1.54) is 71.2 Å². The van der Waals surface area contributed by atoms with Gasteiger partial charge in [-0.05, 0) is 227 Å². The van der Waals surface area contributed by atoms with E-state index in [1.807, 2.05) is 24.5 Å². The lowest BCUT2D eigenvalue weighted by Gasteiger charge is -2.38. The predicted molar refractivity (Wildman–Crippen MR) is 309 cm³/mol. The number of carboxylic acid groups (broad SMARTS) is 1. The van der Waals surface area contributed by atoms with Gasteiger partial charge in [0.2, 0.25) is 11.8 Å². The zero-order chi connectivity index (χ0) is 50.6. The number of carbonyl (C=O) groups excluding carboxylic acids is 2. The summed E-state index contributed by atoms with van der Waals surface area (Å²) in [4.78, 5) is 51.5. The van der Waals surface area contributed by atoms with Crippen LogP contribution in [0.3, 0.4) is 0 Å². The second-order valence-corrected chi connectivity index (χ2v) is 26.3. The van der Waals surface area contributed by atoms with Gasteiger partial charge in [0.25, 0.3) is 0 Å². The number of halogens is 6. The summed E-state index contributed by atoms with van der Waals surface area (Å²) in [5, 5.41) is 10.6. The molecule has 4 aromatic rings. The van der Waals surface area contributed by atoms with Crippen LogP contribution in [0.2, 0.25) is 10.0 Å². The molecular weight excluding hydrogens is 1220 g/mol. The highest BCUT2D eigenvalue weighted by Crippen LogP contribution is 2.48. The van der Waals surface area contributed by atoms with Crippen LogP contribution in [0.5, 0.6) is 0 Å². The Morgan fingerprint density at radius 3 is 1.26 bits per heavy atom. The molecule has 394 valence electrons. The molecule has 73 heavy (non-hydrogen) atoms. The third-order valence-electron chi connectivity index (χ3n) is 17.5. The van der Waals surface area contributed by atoms with Gasteiger partial charge in [-0.2, -0.15) is 0 Å². The lowest BCUT2D eigenvalue weighted by Crippen LogP contribution is -2.41. The monoisotopic (exact) mass is 1290 g/mol. The van der Waals surface area contributed by atoms with Gasteiger partial charge in [-0.1, -0.05) is 88.7 Å². The molecule has 4 aliphatic carbocycles. The first-order valence-electron chi connectivity index (χ1n) is 26.7. The van der Waals surface area contributed by atoms with Gasteiger partial charge in [0, 0.05) is 97.6 Å². The molecule has 0 bridgehead atoms. The largest absolute Gasteiger partial charge is 0.481 e. The Bertz CT molecular complexity index is 2600.